The van der Waals surface area contributed by atoms with Gasteiger partial charge in [0.1, 0.15) is 11.3 Å². The van der Waals surface area contributed by atoms with E-state index in [4.69, 9.17) is 4.42 Å². The van der Waals surface area contributed by atoms with Crippen molar-refractivity contribution in [2.24, 2.45) is 5.92 Å². The maximum absolute atomic E-state index is 6.22. The van der Waals surface area contributed by atoms with Crippen LogP contribution in [0.5, 0.6) is 0 Å². The van der Waals surface area contributed by atoms with Gasteiger partial charge in [0, 0.05) is 5.39 Å². The molecule has 2 heteroatoms. The van der Waals surface area contributed by atoms with Gasteiger partial charge in [-0.15, -0.1) is 0 Å². The molecule has 0 aliphatic heterocycles. The molecule has 1 aromatic heterocycles. The molecule has 1 heterocycles. The van der Waals surface area contributed by atoms with Crippen LogP contribution < -0.4 is 5.32 Å². The van der Waals surface area contributed by atoms with E-state index in [1.54, 1.807) is 0 Å². The van der Waals surface area contributed by atoms with E-state index in [1.807, 2.05) is 0 Å². The van der Waals surface area contributed by atoms with Gasteiger partial charge in [0.2, 0.25) is 0 Å². The van der Waals surface area contributed by atoms with Gasteiger partial charge in [0.05, 0.1) is 6.04 Å². The zero-order chi connectivity index (χ0) is 14.9. The molecule has 2 nitrogen and oxygen atoms in total. The molecule has 1 atom stereocenters. The van der Waals surface area contributed by atoms with Crippen LogP contribution in [0.1, 0.15) is 55.7 Å². The summed E-state index contributed by atoms with van der Waals surface area (Å²) in [6.07, 6.45) is 1.14. The van der Waals surface area contributed by atoms with Gasteiger partial charge in [-0.05, 0) is 62.4 Å². The molecule has 20 heavy (non-hydrogen) atoms. The van der Waals surface area contributed by atoms with Gasteiger partial charge in [-0.2, -0.15) is 0 Å². The summed E-state index contributed by atoms with van der Waals surface area (Å²) in [6.45, 7) is 14.2. The maximum atomic E-state index is 6.22. The largest absolute Gasteiger partial charge is 0.459 e. The van der Waals surface area contributed by atoms with Crippen LogP contribution in [0.2, 0.25) is 0 Å². The lowest BCUT2D eigenvalue weighted by Gasteiger charge is -2.19. The first-order valence-corrected chi connectivity index (χ1v) is 7.69. The van der Waals surface area contributed by atoms with E-state index in [1.165, 1.54) is 22.1 Å². The van der Waals surface area contributed by atoms with Gasteiger partial charge < -0.3 is 9.73 Å². The summed E-state index contributed by atoms with van der Waals surface area (Å²) < 4.78 is 6.22. The minimum Gasteiger partial charge on any atom is -0.459 e. The smallest absolute Gasteiger partial charge is 0.137 e. The Balaban J connectivity index is 2.49. The summed E-state index contributed by atoms with van der Waals surface area (Å²) in [5.74, 6) is 1.59. The lowest BCUT2D eigenvalue weighted by molar-refractivity contribution is 0.351. The minimum absolute atomic E-state index is 0.293. The summed E-state index contributed by atoms with van der Waals surface area (Å²) in [6, 6.07) is 4.77. The normalized spacial score (nSPS) is 13.3. The maximum Gasteiger partial charge on any atom is 0.137 e. The van der Waals surface area contributed by atoms with Crippen molar-refractivity contribution in [2.45, 2.75) is 54.0 Å². The van der Waals surface area contributed by atoms with E-state index >= 15 is 0 Å². The highest BCUT2D eigenvalue weighted by atomic mass is 16.3. The van der Waals surface area contributed by atoms with Gasteiger partial charge in [-0.3, -0.25) is 0 Å². The fourth-order valence-electron chi connectivity index (χ4n) is 2.79. The van der Waals surface area contributed by atoms with Crippen molar-refractivity contribution in [2.75, 3.05) is 6.54 Å². The lowest BCUT2D eigenvalue weighted by atomic mass is 9.99. The van der Waals surface area contributed by atoms with Crippen LogP contribution in [-0.4, -0.2) is 6.54 Å². The number of benzene rings is 1. The van der Waals surface area contributed by atoms with Crippen LogP contribution in [0, 0.1) is 26.7 Å². The fraction of sp³-hybridized carbons (Fsp3) is 0.556. The zero-order valence-corrected chi connectivity index (χ0v) is 13.6. The van der Waals surface area contributed by atoms with Crippen LogP contribution >= 0.6 is 0 Å². The van der Waals surface area contributed by atoms with Crippen molar-refractivity contribution in [3.63, 3.8) is 0 Å². The summed E-state index contributed by atoms with van der Waals surface area (Å²) in [7, 11) is 0. The van der Waals surface area contributed by atoms with Crippen molar-refractivity contribution in [1.29, 1.82) is 0 Å². The molecular formula is C18H27NO. The Morgan fingerprint density at radius 2 is 1.80 bits per heavy atom. The molecule has 2 aromatic rings. The van der Waals surface area contributed by atoms with Gasteiger partial charge in [-0.1, -0.05) is 26.8 Å². The quantitative estimate of drug-likeness (QED) is 0.824. The standard InChI is InChI=1S/C18H27NO/c1-7-8-19-17(11(2)3)16-10-15-13(5)9-12(4)14(6)18(15)20-16/h9-11,17,19H,7-8H2,1-6H3. The predicted octanol–water partition coefficient (Wildman–Crippen LogP) is 5.05. The average molecular weight is 273 g/mol. The highest BCUT2D eigenvalue weighted by Gasteiger charge is 2.20. The number of hydrogen-bond acceptors (Lipinski definition) is 2. The third kappa shape index (κ3) is 2.76. The van der Waals surface area contributed by atoms with E-state index in [-0.39, 0.29) is 0 Å². The summed E-state index contributed by atoms with van der Waals surface area (Å²) in [5.41, 5.74) is 4.92. The fourth-order valence-corrected chi connectivity index (χ4v) is 2.79. The van der Waals surface area contributed by atoms with Gasteiger partial charge >= 0.3 is 0 Å². The van der Waals surface area contributed by atoms with Crippen LogP contribution in [0.3, 0.4) is 0 Å². The second kappa shape index (κ2) is 6.01. The van der Waals surface area contributed by atoms with Crippen LogP contribution in [0.25, 0.3) is 11.0 Å². The monoisotopic (exact) mass is 273 g/mol. The Hall–Kier alpha value is -1.28. The lowest BCUT2D eigenvalue weighted by Crippen LogP contribution is -2.25. The molecule has 1 N–H and O–H groups in total. The second-order valence-electron chi connectivity index (χ2n) is 6.20. The van der Waals surface area contributed by atoms with Crippen LogP contribution in [0.4, 0.5) is 0 Å². The van der Waals surface area contributed by atoms with Gasteiger partial charge in [0.25, 0.3) is 0 Å². The predicted molar refractivity (Wildman–Crippen MR) is 86.3 cm³/mol. The number of rotatable bonds is 5. The Labute approximate surface area is 122 Å². The Kier molecular flexibility index (Phi) is 4.54. The number of furan rings is 1. The molecule has 0 fully saturated rings. The van der Waals surface area contributed by atoms with Crippen molar-refractivity contribution < 1.29 is 4.42 Å². The molecular weight excluding hydrogens is 246 g/mol. The molecule has 1 aromatic carbocycles. The number of aryl methyl sites for hydroxylation is 3. The first kappa shape index (κ1) is 15.1. The van der Waals surface area contributed by atoms with Crippen molar-refractivity contribution in [3.8, 4) is 0 Å². The molecule has 0 bridgehead atoms. The second-order valence-corrected chi connectivity index (χ2v) is 6.20. The summed E-state index contributed by atoms with van der Waals surface area (Å²) >= 11 is 0. The Morgan fingerprint density at radius 3 is 2.40 bits per heavy atom. The van der Waals surface area contributed by atoms with E-state index in [2.05, 4.69) is 59.0 Å². The average Bonchev–Trinajstić information content (AvgIpc) is 2.82. The SMILES string of the molecule is CCCNC(c1cc2c(C)cc(C)c(C)c2o1)C(C)C. The molecule has 1 unspecified atom stereocenters. The van der Waals surface area contributed by atoms with Gasteiger partial charge in [0.15, 0.2) is 0 Å². The van der Waals surface area contributed by atoms with Crippen LogP contribution in [-0.2, 0) is 0 Å². The van der Waals surface area contributed by atoms with Gasteiger partial charge in [-0.25, -0.2) is 0 Å². The van der Waals surface area contributed by atoms with Crippen LogP contribution in [0.15, 0.2) is 16.5 Å². The highest BCUT2D eigenvalue weighted by Crippen LogP contribution is 2.33. The van der Waals surface area contributed by atoms with Crippen molar-refractivity contribution >= 4 is 11.0 Å². The molecule has 0 saturated carbocycles. The van der Waals surface area contributed by atoms with Crippen molar-refractivity contribution in [1.82, 2.24) is 5.32 Å². The molecule has 0 amide bonds. The molecule has 0 saturated heterocycles. The molecule has 0 aliphatic carbocycles. The molecule has 110 valence electrons. The third-order valence-electron chi connectivity index (χ3n) is 4.13. The first-order valence-electron chi connectivity index (χ1n) is 7.69. The molecule has 2 rings (SSSR count). The number of hydrogen-bond donors (Lipinski definition) is 1. The number of fused-ring (bicyclic) bond motifs is 1. The molecule has 0 aliphatic rings. The third-order valence-corrected chi connectivity index (χ3v) is 4.13. The minimum atomic E-state index is 0.293. The highest BCUT2D eigenvalue weighted by molar-refractivity contribution is 5.85. The Morgan fingerprint density at radius 1 is 1.10 bits per heavy atom. The van der Waals surface area contributed by atoms with E-state index in [9.17, 15) is 0 Å². The Bertz CT molecular complexity index is 595. The van der Waals surface area contributed by atoms with Crippen molar-refractivity contribution in [3.05, 3.63) is 34.6 Å². The summed E-state index contributed by atoms with van der Waals surface area (Å²) in [5, 5.41) is 4.86. The molecule has 0 radical (unpaired) electrons. The first-order chi connectivity index (χ1) is 9.45. The topological polar surface area (TPSA) is 25.2 Å². The number of nitrogens with one attached hydrogen (secondary N) is 1. The van der Waals surface area contributed by atoms with E-state index in [0.717, 1.165) is 24.3 Å². The summed E-state index contributed by atoms with van der Waals surface area (Å²) in [4.78, 5) is 0. The van der Waals surface area contributed by atoms with E-state index in [0.29, 0.717) is 12.0 Å². The molecule has 0 spiro atoms. The zero-order valence-electron chi connectivity index (χ0n) is 13.6. The van der Waals surface area contributed by atoms with E-state index < -0.39 is 0 Å².